The maximum Gasteiger partial charge on any atom is 0.234 e. The summed E-state index contributed by atoms with van der Waals surface area (Å²) in [6.45, 7) is 3.68. The molecule has 3 rings (SSSR count). The highest BCUT2D eigenvalue weighted by Gasteiger charge is 2.38. The molecule has 1 atom stereocenters. The second-order valence-corrected chi connectivity index (χ2v) is 5.84. The summed E-state index contributed by atoms with van der Waals surface area (Å²) >= 11 is 0. The molecule has 3 nitrogen and oxygen atoms in total. The van der Waals surface area contributed by atoms with Crippen molar-refractivity contribution in [3.05, 3.63) is 65.0 Å². The Balaban J connectivity index is 2.02. The SMILES string of the molecule is CC1(C)C(=O)Nc2ccc(C(O)c3cccc(F)c3)cc21. The zero-order chi connectivity index (χ0) is 15.2. The Kier molecular flexibility index (Phi) is 3.06. The fourth-order valence-electron chi connectivity index (χ4n) is 2.63. The molecule has 0 fully saturated rings. The topological polar surface area (TPSA) is 49.3 Å². The molecular weight excluding hydrogens is 269 g/mol. The average molecular weight is 285 g/mol. The smallest absolute Gasteiger partial charge is 0.234 e. The molecule has 1 aliphatic rings. The zero-order valence-electron chi connectivity index (χ0n) is 11.9. The van der Waals surface area contributed by atoms with E-state index in [1.54, 1.807) is 24.3 Å². The largest absolute Gasteiger partial charge is 0.384 e. The lowest BCUT2D eigenvalue weighted by Gasteiger charge is -2.18. The van der Waals surface area contributed by atoms with Gasteiger partial charge in [0.15, 0.2) is 0 Å². The Morgan fingerprint density at radius 1 is 1.14 bits per heavy atom. The predicted octanol–water partition coefficient (Wildman–Crippen LogP) is 3.14. The van der Waals surface area contributed by atoms with Gasteiger partial charge in [-0.05, 0) is 54.8 Å². The van der Waals surface area contributed by atoms with Crippen LogP contribution in [0.1, 0.15) is 36.6 Å². The molecule has 0 bridgehead atoms. The normalized spacial score (nSPS) is 17.2. The molecule has 1 aliphatic heterocycles. The molecule has 2 aromatic carbocycles. The molecule has 21 heavy (non-hydrogen) atoms. The predicted molar refractivity (Wildman–Crippen MR) is 78.6 cm³/mol. The first kappa shape index (κ1) is 13.8. The molecule has 108 valence electrons. The van der Waals surface area contributed by atoms with Gasteiger partial charge in [-0.1, -0.05) is 18.2 Å². The van der Waals surface area contributed by atoms with Gasteiger partial charge in [-0.25, -0.2) is 4.39 Å². The fourth-order valence-corrected chi connectivity index (χ4v) is 2.63. The summed E-state index contributed by atoms with van der Waals surface area (Å²) in [5.41, 5.74) is 2.11. The summed E-state index contributed by atoms with van der Waals surface area (Å²) in [6.07, 6.45) is -0.919. The number of hydrogen-bond acceptors (Lipinski definition) is 2. The van der Waals surface area contributed by atoms with Crippen molar-refractivity contribution in [3.8, 4) is 0 Å². The molecule has 0 saturated carbocycles. The molecule has 0 radical (unpaired) electrons. The van der Waals surface area contributed by atoms with Gasteiger partial charge in [0.2, 0.25) is 5.91 Å². The molecular formula is C17H16FNO2. The van der Waals surface area contributed by atoms with Crippen molar-refractivity contribution in [2.45, 2.75) is 25.4 Å². The van der Waals surface area contributed by atoms with Crippen LogP contribution in [-0.2, 0) is 10.2 Å². The van der Waals surface area contributed by atoms with Gasteiger partial charge in [-0.3, -0.25) is 4.79 Å². The molecule has 0 aliphatic carbocycles. The quantitative estimate of drug-likeness (QED) is 0.890. The van der Waals surface area contributed by atoms with E-state index < -0.39 is 11.5 Å². The molecule has 0 aromatic heterocycles. The van der Waals surface area contributed by atoms with Gasteiger partial charge in [0.25, 0.3) is 0 Å². The summed E-state index contributed by atoms with van der Waals surface area (Å²) in [4.78, 5) is 11.9. The number of hydrogen-bond donors (Lipinski definition) is 2. The van der Waals surface area contributed by atoms with E-state index in [2.05, 4.69) is 5.32 Å². The van der Waals surface area contributed by atoms with E-state index >= 15 is 0 Å². The van der Waals surface area contributed by atoms with Gasteiger partial charge >= 0.3 is 0 Å². The van der Waals surface area contributed by atoms with Crippen LogP contribution in [0.3, 0.4) is 0 Å². The Labute approximate surface area is 122 Å². The van der Waals surface area contributed by atoms with Crippen LogP contribution < -0.4 is 5.32 Å². The number of fused-ring (bicyclic) bond motifs is 1. The molecule has 1 unspecified atom stereocenters. The summed E-state index contributed by atoms with van der Waals surface area (Å²) < 4.78 is 13.3. The molecule has 2 aromatic rings. The van der Waals surface area contributed by atoms with Crippen LogP contribution in [0.25, 0.3) is 0 Å². The van der Waals surface area contributed by atoms with E-state index in [0.717, 1.165) is 11.3 Å². The van der Waals surface area contributed by atoms with E-state index in [4.69, 9.17) is 0 Å². The highest BCUT2D eigenvalue weighted by molar-refractivity contribution is 6.05. The van der Waals surface area contributed by atoms with Crippen LogP contribution in [0, 0.1) is 5.82 Å². The van der Waals surface area contributed by atoms with Gasteiger partial charge < -0.3 is 10.4 Å². The lowest BCUT2D eigenvalue weighted by molar-refractivity contribution is -0.119. The number of aliphatic hydroxyl groups excluding tert-OH is 1. The molecule has 1 heterocycles. The monoisotopic (exact) mass is 285 g/mol. The Morgan fingerprint density at radius 3 is 2.57 bits per heavy atom. The second kappa shape index (κ2) is 4.67. The van der Waals surface area contributed by atoms with Gasteiger partial charge in [0.05, 0.1) is 5.41 Å². The molecule has 0 saturated heterocycles. The number of halogens is 1. The lowest BCUT2D eigenvalue weighted by atomic mass is 9.84. The third kappa shape index (κ3) is 2.21. The number of aliphatic hydroxyl groups is 1. The first-order valence-corrected chi connectivity index (χ1v) is 6.79. The molecule has 4 heteroatoms. The zero-order valence-corrected chi connectivity index (χ0v) is 11.9. The number of anilines is 1. The highest BCUT2D eigenvalue weighted by atomic mass is 19.1. The standard InChI is InChI=1S/C17H16FNO2/c1-17(2)13-9-11(6-7-14(13)19-16(17)21)15(20)10-4-3-5-12(18)8-10/h3-9,15,20H,1-2H3,(H,19,21). The molecule has 0 spiro atoms. The van der Waals surface area contributed by atoms with Crippen LogP contribution in [0.2, 0.25) is 0 Å². The number of carbonyl (C=O) groups excluding carboxylic acids is 1. The number of rotatable bonds is 2. The van der Waals surface area contributed by atoms with Crippen LogP contribution in [0.15, 0.2) is 42.5 Å². The second-order valence-electron chi connectivity index (χ2n) is 5.84. The summed E-state index contributed by atoms with van der Waals surface area (Å²) in [6, 6.07) is 11.2. The van der Waals surface area contributed by atoms with Crippen LogP contribution in [0.4, 0.5) is 10.1 Å². The van der Waals surface area contributed by atoms with E-state index in [9.17, 15) is 14.3 Å². The number of carbonyl (C=O) groups is 1. The van der Waals surface area contributed by atoms with Crippen molar-refractivity contribution in [1.82, 2.24) is 0 Å². The van der Waals surface area contributed by atoms with Gasteiger partial charge in [0, 0.05) is 5.69 Å². The first-order chi connectivity index (χ1) is 9.89. The van der Waals surface area contributed by atoms with E-state index in [1.165, 1.54) is 12.1 Å². The third-order valence-corrected chi connectivity index (χ3v) is 4.01. The van der Waals surface area contributed by atoms with Crippen molar-refractivity contribution in [2.24, 2.45) is 0 Å². The lowest BCUT2D eigenvalue weighted by Crippen LogP contribution is -2.26. The average Bonchev–Trinajstić information content (AvgIpc) is 2.68. The van der Waals surface area contributed by atoms with Crippen LogP contribution in [0.5, 0.6) is 0 Å². The van der Waals surface area contributed by atoms with E-state index in [1.807, 2.05) is 19.9 Å². The summed E-state index contributed by atoms with van der Waals surface area (Å²) in [7, 11) is 0. The Hall–Kier alpha value is -2.20. The minimum absolute atomic E-state index is 0.0603. The summed E-state index contributed by atoms with van der Waals surface area (Å²) in [5.74, 6) is -0.445. The fraction of sp³-hybridized carbons (Fsp3) is 0.235. The maximum absolute atomic E-state index is 13.3. The van der Waals surface area contributed by atoms with Crippen molar-refractivity contribution < 1.29 is 14.3 Å². The van der Waals surface area contributed by atoms with Gasteiger partial charge in [-0.15, -0.1) is 0 Å². The van der Waals surface area contributed by atoms with Crippen molar-refractivity contribution in [2.75, 3.05) is 5.32 Å². The van der Waals surface area contributed by atoms with E-state index in [0.29, 0.717) is 11.1 Å². The minimum atomic E-state index is -0.919. The number of benzene rings is 2. The minimum Gasteiger partial charge on any atom is -0.384 e. The third-order valence-electron chi connectivity index (χ3n) is 4.01. The maximum atomic E-state index is 13.3. The first-order valence-electron chi connectivity index (χ1n) is 6.79. The van der Waals surface area contributed by atoms with Gasteiger partial charge in [-0.2, -0.15) is 0 Å². The summed E-state index contributed by atoms with van der Waals surface area (Å²) in [5, 5.41) is 13.2. The van der Waals surface area contributed by atoms with Crippen LogP contribution in [-0.4, -0.2) is 11.0 Å². The number of nitrogens with one attached hydrogen (secondary N) is 1. The molecule has 2 N–H and O–H groups in total. The number of amides is 1. The highest BCUT2D eigenvalue weighted by Crippen LogP contribution is 2.39. The van der Waals surface area contributed by atoms with Crippen molar-refractivity contribution >= 4 is 11.6 Å². The van der Waals surface area contributed by atoms with Crippen molar-refractivity contribution in [3.63, 3.8) is 0 Å². The van der Waals surface area contributed by atoms with Crippen molar-refractivity contribution in [1.29, 1.82) is 0 Å². The Morgan fingerprint density at radius 2 is 1.86 bits per heavy atom. The Bertz CT molecular complexity index is 724. The van der Waals surface area contributed by atoms with Crippen LogP contribution >= 0.6 is 0 Å². The van der Waals surface area contributed by atoms with E-state index in [-0.39, 0.29) is 11.7 Å². The van der Waals surface area contributed by atoms with Gasteiger partial charge in [0.1, 0.15) is 11.9 Å². The molecule has 1 amide bonds.